The molecule has 3 unspecified atom stereocenters. The van der Waals surface area contributed by atoms with Crippen LogP contribution in [-0.2, 0) is 0 Å². The molecule has 68 valence electrons. The van der Waals surface area contributed by atoms with Crippen molar-refractivity contribution in [3.8, 4) is 0 Å². The van der Waals surface area contributed by atoms with Gasteiger partial charge in [-0.25, -0.2) is 0 Å². The summed E-state index contributed by atoms with van der Waals surface area (Å²) in [5.41, 5.74) is 0. The van der Waals surface area contributed by atoms with Crippen molar-refractivity contribution in [1.82, 2.24) is 0 Å². The maximum absolute atomic E-state index is 9.30. The molecule has 0 spiro atoms. The van der Waals surface area contributed by atoms with Crippen molar-refractivity contribution in [1.29, 1.82) is 0 Å². The Morgan fingerprint density at radius 2 is 1.45 bits per heavy atom. The summed E-state index contributed by atoms with van der Waals surface area (Å²) in [4.78, 5) is 0. The smallest absolute Gasteiger partial charge is 0.0540 e. The van der Waals surface area contributed by atoms with Gasteiger partial charge in [0, 0.05) is 0 Å². The average Bonchev–Trinajstić information content (AvgIpc) is 1.84. The van der Waals surface area contributed by atoms with Crippen LogP contribution in [0.5, 0.6) is 0 Å². The van der Waals surface area contributed by atoms with E-state index in [0.717, 1.165) is 5.92 Å². The molecule has 0 aromatic heterocycles. The fourth-order valence-corrected chi connectivity index (χ4v) is 1.43. The van der Waals surface area contributed by atoms with E-state index in [0.29, 0.717) is 11.8 Å². The second-order valence-electron chi connectivity index (χ2n) is 4.21. The summed E-state index contributed by atoms with van der Waals surface area (Å²) in [5, 5.41) is 9.30. The summed E-state index contributed by atoms with van der Waals surface area (Å²) >= 11 is 0. The van der Waals surface area contributed by atoms with Crippen molar-refractivity contribution in [2.24, 2.45) is 17.8 Å². The van der Waals surface area contributed by atoms with Gasteiger partial charge in [0.2, 0.25) is 0 Å². The molecule has 0 bridgehead atoms. The lowest BCUT2D eigenvalue weighted by Gasteiger charge is -2.23. The van der Waals surface area contributed by atoms with Gasteiger partial charge in [-0.1, -0.05) is 27.7 Å². The first kappa shape index (κ1) is 11.0. The highest BCUT2D eigenvalue weighted by Gasteiger charge is 2.17. The van der Waals surface area contributed by atoms with Crippen LogP contribution in [0.25, 0.3) is 0 Å². The van der Waals surface area contributed by atoms with Gasteiger partial charge < -0.3 is 5.11 Å². The van der Waals surface area contributed by atoms with Crippen LogP contribution in [0.15, 0.2) is 0 Å². The molecular formula is C10H22O. The molecule has 0 aliphatic carbocycles. The summed E-state index contributed by atoms with van der Waals surface area (Å²) < 4.78 is 0. The standard InChI is InChI=1S/C10H22O/c1-7(2)6-8(3)9(4)10(5)11/h7-11H,6H2,1-5H3. The first-order valence-corrected chi connectivity index (χ1v) is 4.63. The van der Waals surface area contributed by atoms with Gasteiger partial charge in [-0.15, -0.1) is 0 Å². The van der Waals surface area contributed by atoms with E-state index in [-0.39, 0.29) is 6.10 Å². The van der Waals surface area contributed by atoms with Crippen molar-refractivity contribution in [3.63, 3.8) is 0 Å². The van der Waals surface area contributed by atoms with Gasteiger partial charge in [0.1, 0.15) is 0 Å². The third-order valence-corrected chi connectivity index (χ3v) is 2.50. The van der Waals surface area contributed by atoms with Gasteiger partial charge >= 0.3 is 0 Å². The Kier molecular flexibility index (Phi) is 4.74. The molecule has 0 fully saturated rings. The molecule has 0 saturated heterocycles. The number of hydrogen-bond acceptors (Lipinski definition) is 1. The zero-order chi connectivity index (χ0) is 9.02. The van der Waals surface area contributed by atoms with Crippen molar-refractivity contribution in [2.45, 2.75) is 47.1 Å². The molecule has 3 atom stereocenters. The van der Waals surface area contributed by atoms with Crippen LogP contribution in [0.4, 0.5) is 0 Å². The van der Waals surface area contributed by atoms with Gasteiger partial charge in [0.15, 0.2) is 0 Å². The van der Waals surface area contributed by atoms with Gasteiger partial charge in [0.05, 0.1) is 6.10 Å². The maximum atomic E-state index is 9.30. The van der Waals surface area contributed by atoms with Crippen LogP contribution in [0.1, 0.15) is 41.0 Å². The summed E-state index contributed by atoms with van der Waals surface area (Å²) in [7, 11) is 0. The Labute approximate surface area is 70.8 Å². The van der Waals surface area contributed by atoms with Crippen LogP contribution >= 0.6 is 0 Å². The molecule has 0 aromatic rings. The number of rotatable bonds is 4. The highest BCUT2D eigenvalue weighted by molar-refractivity contribution is 4.67. The zero-order valence-electron chi connectivity index (χ0n) is 8.46. The Hall–Kier alpha value is -0.0400. The van der Waals surface area contributed by atoms with Gasteiger partial charge in [-0.05, 0) is 31.1 Å². The molecule has 0 aliphatic heterocycles. The van der Waals surface area contributed by atoms with Gasteiger partial charge in [-0.3, -0.25) is 0 Å². The molecule has 0 amide bonds. The van der Waals surface area contributed by atoms with Crippen LogP contribution < -0.4 is 0 Å². The van der Waals surface area contributed by atoms with E-state index in [1.165, 1.54) is 6.42 Å². The van der Waals surface area contributed by atoms with Crippen LogP contribution in [0.2, 0.25) is 0 Å². The van der Waals surface area contributed by atoms with E-state index < -0.39 is 0 Å². The number of aliphatic hydroxyl groups excluding tert-OH is 1. The highest BCUT2D eigenvalue weighted by Crippen LogP contribution is 2.22. The van der Waals surface area contributed by atoms with E-state index in [9.17, 15) is 5.11 Å². The molecule has 0 radical (unpaired) electrons. The minimum Gasteiger partial charge on any atom is -0.393 e. The van der Waals surface area contributed by atoms with Crippen molar-refractivity contribution in [3.05, 3.63) is 0 Å². The zero-order valence-corrected chi connectivity index (χ0v) is 8.46. The Morgan fingerprint density at radius 3 is 1.73 bits per heavy atom. The molecule has 1 nitrogen and oxygen atoms in total. The maximum Gasteiger partial charge on any atom is 0.0540 e. The molecule has 11 heavy (non-hydrogen) atoms. The van der Waals surface area contributed by atoms with Crippen LogP contribution in [0.3, 0.4) is 0 Å². The summed E-state index contributed by atoms with van der Waals surface area (Å²) in [6.45, 7) is 10.7. The van der Waals surface area contributed by atoms with E-state index in [1.807, 2.05) is 6.92 Å². The fourth-order valence-electron chi connectivity index (χ4n) is 1.43. The van der Waals surface area contributed by atoms with Crippen LogP contribution in [0, 0.1) is 17.8 Å². The molecule has 0 rings (SSSR count). The topological polar surface area (TPSA) is 20.2 Å². The lowest BCUT2D eigenvalue weighted by Crippen LogP contribution is -2.21. The van der Waals surface area contributed by atoms with Gasteiger partial charge in [0.25, 0.3) is 0 Å². The van der Waals surface area contributed by atoms with E-state index in [2.05, 4.69) is 27.7 Å². The lowest BCUT2D eigenvalue weighted by atomic mass is 9.85. The first-order chi connectivity index (χ1) is 4.95. The Balaban J connectivity index is 3.73. The molecule has 0 saturated carbocycles. The summed E-state index contributed by atoms with van der Waals surface area (Å²) in [6.07, 6.45) is 1.05. The Bertz CT molecular complexity index is 97.0. The molecule has 1 N–H and O–H groups in total. The van der Waals surface area contributed by atoms with Crippen LogP contribution in [-0.4, -0.2) is 11.2 Å². The molecule has 0 aromatic carbocycles. The summed E-state index contributed by atoms with van der Waals surface area (Å²) in [5.74, 6) is 1.80. The molecular weight excluding hydrogens is 136 g/mol. The minimum absolute atomic E-state index is 0.163. The van der Waals surface area contributed by atoms with Crippen molar-refractivity contribution in [2.75, 3.05) is 0 Å². The molecule has 0 aliphatic rings. The normalized spacial score (nSPS) is 19.9. The van der Waals surface area contributed by atoms with Crippen molar-refractivity contribution < 1.29 is 5.11 Å². The van der Waals surface area contributed by atoms with Gasteiger partial charge in [-0.2, -0.15) is 0 Å². The van der Waals surface area contributed by atoms with E-state index >= 15 is 0 Å². The molecule has 0 heterocycles. The Morgan fingerprint density at radius 1 is 1.00 bits per heavy atom. The lowest BCUT2D eigenvalue weighted by molar-refractivity contribution is 0.0966. The fraction of sp³-hybridized carbons (Fsp3) is 1.00. The van der Waals surface area contributed by atoms with E-state index in [1.54, 1.807) is 0 Å². The first-order valence-electron chi connectivity index (χ1n) is 4.63. The second kappa shape index (κ2) is 4.76. The predicted molar refractivity (Wildman–Crippen MR) is 49.5 cm³/mol. The quantitative estimate of drug-likeness (QED) is 0.667. The van der Waals surface area contributed by atoms with Crippen molar-refractivity contribution >= 4 is 0 Å². The largest absolute Gasteiger partial charge is 0.393 e. The van der Waals surface area contributed by atoms with E-state index in [4.69, 9.17) is 0 Å². The second-order valence-corrected chi connectivity index (χ2v) is 4.21. The average molecular weight is 158 g/mol. The third-order valence-electron chi connectivity index (χ3n) is 2.50. The third kappa shape index (κ3) is 4.41. The predicted octanol–water partition coefficient (Wildman–Crippen LogP) is 2.69. The number of hydrogen-bond donors (Lipinski definition) is 1. The monoisotopic (exact) mass is 158 g/mol. The summed E-state index contributed by atoms with van der Waals surface area (Å²) in [6, 6.07) is 0. The SMILES string of the molecule is CC(C)CC(C)C(C)C(C)O. The molecule has 1 heteroatoms. The number of aliphatic hydroxyl groups is 1. The minimum atomic E-state index is -0.163. The highest BCUT2D eigenvalue weighted by atomic mass is 16.3.